The van der Waals surface area contributed by atoms with Crippen LogP contribution < -0.4 is 16.4 Å². The molecule has 2 amide bonds. The molecule has 0 heterocycles. The lowest BCUT2D eigenvalue weighted by Gasteiger charge is -2.13. The molecule has 1 aromatic carbocycles. The Hall–Kier alpha value is -2.12. The van der Waals surface area contributed by atoms with Gasteiger partial charge in [-0.1, -0.05) is 6.07 Å². The lowest BCUT2D eigenvalue weighted by Crippen LogP contribution is -2.35. The first-order valence-corrected chi connectivity index (χ1v) is 6.57. The van der Waals surface area contributed by atoms with Crippen LogP contribution in [0.2, 0.25) is 0 Å². The summed E-state index contributed by atoms with van der Waals surface area (Å²) < 4.78 is 9.41. The Labute approximate surface area is 123 Å². The topological polar surface area (TPSA) is 103 Å². The number of nitrogens with two attached hydrogens (primary N) is 1. The maximum Gasteiger partial charge on any atom is 0.411 e. The fraction of sp³-hybridized carbons (Fsp3) is 0.429. The van der Waals surface area contributed by atoms with Gasteiger partial charge in [-0.3, -0.25) is 10.1 Å². The fourth-order valence-corrected chi connectivity index (χ4v) is 1.66. The average molecular weight is 295 g/mol. The summed E-state index contributed by atoms with van der Waals surface area (Å²) in [6.45, 7) is 0.569. The Morgan fingerprint density at radius 3 is 2.52 bits per heavy atom. The van der Waals surface area contributed by atoms with Gasteiger partial charge >= 0.3 is 6.09 Å². The molecule has 0 aliphatic rings. The first kappa shape index (κ1) is 16.9. The van der Waals surface area contributed by atoms with Crippen LogP contribution in [-0.2, 0) is 14.3 Å². The van der Waals surface area contributed by atoms with Crippen molar-refractivity contribution in [1.29, 1.82) is 0 Å². The van der Waals surface area contributed by atoms with Gasteiger partial charge in [0.2, 0.25) is 5.91 Å². The van der Waals surface area contributed by atoms with Crippen LogP contribution in [0.15, 0.2) is 24.3 Å². The molecular formula is C14H21N3O4. The van der Waals surface area contributed by atoms with E-state index in [0.717, 1.165) is 6.42 Å². The van der Waals surface area contributed by atoms with Crippen molar-refractivity contribution in [2.75, 3.05) is 31.5 Å². The molecule has 0 aromatic heterocycles. The Morgan fingerprint density at radius 1 is 1.24 bits per heavy atom. The van der Waals surface area contributed by atoms with E-state index in [1.807, 2.05) is 0 Å². The van der Waals surface area contributed by atoms with Crippen LogP contribution in [0.1, 0.15) is 12.8 Å². The molecule has 0 bridgehead atoms. The Morgan fingerprint density at radius 2 is 1.90 bits per heavy atom. The van der Waals surface area contributed by atoms with Crippen molar-refractivity contribution in [3.05, 3.63) is 24.3 Å². The van der Waals surface area contributed by atoms with Crippen LogP contribution in [0, 0.1) is 0 Å². The van der Waals surface area contributed by atoms with Gasteiger partial charge in [0.05, 0.1) is 13.2 Å². The number of anilines is 2. The summed E-state index contributed by atoms with van der Waals surface area (Å²) in [6, 6.07) is 6.12. The monoisotopic (exact) mass is 295 g/mol. The maximum absolute atomic E-state index is 11.9. The van der Waals surface area contributed by atoms with Gasteiger partial charge in [-0.15, -0.1) is 0 Å². The lowest BCUT2D eigenvalue weighted by atomic mass is 10.1. The van der Waals surface area contributed by atoms with Crippen LogP contribution in [-0.4, -0.2) is 38.9 Å². The molecule has 1 rings (SSSR count). The molecule has 21 heavy (non-hydrogen) atoms. The van der Waals surface area contributed by atoms with E-state index in [2.05, 4.69) is 15.4 Å². The molecule has 4 N–H and O–H groups in total. The minimum Gasteiger partial charge on any atom is -0.453 e. The quantitative estimate of drug-likeness (QED) is 0.662. The third-order valence-corrected chi connectivity index (χ3v) is 2.76. The van der Waals surface area contributed by atoms with E-state index in [4.69, 9.17) is 10.5 Å². The number of hydrogen-bond acceptors (Lipinski definition) is 5. The van der Waals surface area contributed by atoms with Crippen molar-refractivity contribution in [2.45, 2.75) is 18.9 Å². The van der Waals surface area contributed by atoms with Crippen LogP contribution >= 0.6 is 0 Å². The summed E-state index contributed by atoms with van der Waals surface area (Å²) in [5.74, 6) is -0.277. The fourth-order valence-electron chi connectivity index (χ4n) is 1.66. The molecule has 0 aliphatic heterocycles. The first-order valence-electron chi connectivity index (χ1n) is 6.57. The van der Waals surface area contributed by atoms with E-state index >= 15 is 0 Å². The van der Waals surface area contributed by atoms with E-state index in [1.54, 1.807) is 31.4 Å². The lowest BCUT2D eigenvalue weighted by molar-refractivity contribution is -0.117. The molecule has 0 saturated heterocycles. The molecule has 0 radical (unpaired) electrons. The number of ether oxygens (including phenoxy) is 2. The average Bonchev–Trinajstić information content (AvgIpc) is 2.47. The zero-order valence-corrected chi connectivity index (χ0v) is 12.2. The molecule has 116 valence electrons. The normalized spacial score (nSPS) is 11.6. The second-order valence-corrected chi connectivity index (χ2v) is 4.43. The molecule has 0 spiro atoms. The van der Waals surface area contributed by atoms with Crippen molar-refractivity contribution in [1.82, 2.24) is 0 Å². The molecule has 1 unspecified atom stereocenters. The number of amides is 2. The zero-order chi connectivity index (χ0) is 15.7. The number of nitrogens with one attached hydrogen (secondary N) is 2. The van der Waals surface area contributed by atoms with Crippen molar-refractivity contribution in [3.8, 4) is 0 Å². The second kappa shape index (κ2) is 8.93. The first-order chi connectivity index (χ1) is 10.1. The highest BCUT2D eigenvalue weighted by atomic mass is 16.5. The van der Waals surface area contributed by atoms with Crippen LogP contribution in [0.5, 0.6) is 0 Å². The SMILES string of the molecule is COCCCC(N)C(=O)Nc1cccc(NC(=O)OC)c1. The van der Waals surface area contributed by atoms with E-state index < -0.39 is 12.1 Å². The summed E-state index contributed by atoms with van der Waals surface area (Å²) in [4.78, 5) is 23.0. The number of methoxy groups -OCH3 is 2. The smallest absolute Gasteiger partial charge is 0.411 e. The van der Waals surface area contributed by atoms with Gasteiger partial charge in [0, 0.05) is 25.1 Å². The predicted octanol–water partition coefficient (Wildman–Crippen LogP) is 1.56. The Bertz CT molecular complexity index is 479. The van der Waals surface area contributed by atoms with E-state index in [-0.39, 0.29) is 5.91 Å². The highest BCUT2D eigenvalue weighted by molar-refractivity contribution is 5.95. The minimum atomic E-state index is -0.600. The zero-order valence-electron chi connectivity index (χ0n) is 12.2. The van der Waals surface area contributed by atoms with Gasteiger partial charge in [0.1, 0.15) is 0 Å². The van der Waals surface area contributed by atoms with Gasteiger partial charge in [-0.2, -0.15) is 0 Å². The molecule has 0 aliphatic carbocycles. The van der Waals surface area contributed by atoms with Gasteiger partial charge in [0.15, 0.2) is 0 Å². The summed E-state index contributed by atoms with van der Waals surface area (Å²) >= 11 is 0. The van der Waals surface area contributed by atoms with Gasteiger partial charge in [-0.25, -0.2) is 4.79 Å². The van der Waals surface area contributed by atoms with E-state index in [0.29, 0.717) is 24.4 Å². The van der Waals surface area contributed by atoms with Crippen LogP contribution in [0.4, 0.5) is 16.2 Å². The van der Waals surface area contributed by atoms with E-state index in [1.165, 1.54) is 7.11 Å². The largest absolute Gasteiger partial charge is 0.453 e. The van der Waals surface area contributed by atoms with Gasteiger partial charge < -0.3 is 20.5 Å². The van der Waals surface area contributed by atoms with Gasteiger partial charge in [-0.05, 0) is 31.0 Å². The summed E-state index contributed by atoms with van der Waals surface area (Å²) in [5, 5.41) is 5.22. The van der Waals surface area contributed by atoms with Crippen molar-refractivity contribution < 1.29 is 19.1 Å². The molecule has 7 heteroatoms. The van der Waals surface area contributed by atoms with Crippen LogP contribution in [0.3, 0.4) is 0 Å². The maximum atomic E-state index is 11.9. The van der Waals surface area contributed by atoms with Crippen molar-refractivity contribution >= 4 is 23.4 Å². The molecule has 1 atom stereocenters. The molecule has 1 aromatic rings. The summed E-state index contributed by atoms with van der Waals surface area (Å²) in [5.41, 5.74) is 6.86. The molecular weight excluding hydrogens is 274 g/mol. The third kappa shape index (κ3) is 6.24. The van der Waals surface area contributed by atoms with Crippen LogP contribution in [0.25, 0.3) is 0 Å². The number of rotatable bonds is 7. The Balaban J connectivity index is 2.55. The number of hydrogen-bond donors (Lipinski definition) is 3. The number of carbonyl (C=O) groups excluding carboxylic acids is 2. The highest BCUT2D eigenvalue weighted by Crippen LogP contribution is 2.15. The standard InChI is InChI=1S/C14H21N3O4/c1-20-8-4-7-12(15)13(18)16-10-5-3-6-11(9-10)17-14(19)21-2/h3,5-6,9,12H,4,7-8,15H2,1-2H3,(H,16,18)(H,17,19). The Kier molecular flexibility index (Phi) is 7.20. The second-order valence-electron chi connectivity index (χ2n) is 4.43. The van der Waals surface area contributed by atoms with Crippen molar-refractivity contribution in [3.63, 3.8) is 0 Å². The molecule has 7 nitrogen and oxygen atoms in total. The summed E-state index contributed by atoms with van der Waals surface area (Å²) in [7, 11) is 2.88. The van der Waals surface area contributed by atoms with E-state index in [9.17, 15) is 9.59 Å². The predicted molar refractivity (Wildman–Crippen MR) is 80.2 cm³/mol. The summed E-state index contributed by atoms with van der Waals surface area (Å²) in [6.07, 6.45) is 0.684. The molecule has 0 fully saturated rings. The number of carbonyl (C=O) groups is 2. The third-order valence-electron chi connectivity index (χ3n) is 2.76. The minimum absolute atomic E-state index is 0.277. The molecule has 0 saturated carbocycles. The van der Waals surface area contributed by atoms with Crippen molar-refractivity contribution in [2.24, 2.45) is 5.73 Å². The number of benzene rings is 1. The van der Waals surface area contributed by atoms with Gasteiger partial charge in [0.25, 0.3) is 0 Å². The highest BCUT2D eigenvalue weighted by Gasteiger charge is 2.13.